The van der Waals surface area contributed by atoms with Crippen molar-refractivity contribution in [2.75, 3.05) is 20.2 Å². The molecular weight excluding hydrogens is 354 g/mol. The highest BCUT2D eigenvalue weighted by molar-refractivity contribution is 5.79. The van der Waals surface area contributed by atoms with E-state index in [-0.39, 0.29) is 11.8 Å². The summed E-state index contributed by atoms with van der Waals surface area (Å²) in [6.07, 6.45) is 9.88. The molecule has 1 aromatic carbocycles. The van der Waals surface area contributed by atoms with Crippen LogP contribution >= 0.6 is 0 Å². The maximum absolute atomic E-state index is 12.8. The number of benzene rings is 1. The molecule has 1 saturated carbocycles. The van der Waals surface area contributed by atoms with Crippen LogP contribution in [0.1, 0.15) is 50.1 Å². The number of nitrogens with zero attached hydrogens (tertiary/aromatic N) is 3. The maximum atomic E-state index is 12.8. The van der Waals surface area contributed by atoms with E-state index < -0.39 is 0 Å². The summed E-state index contributed by atoms with van der Waals surface area (Å²) in [5.41, 5.74) is 0.885. The van der Waals surface area contributed by atoms with Gasteiger partial charge in [-0.15, -0.1) is 0 Å². The van der Waals surface area contributed by atoms with Crippen molar-refractivity contribution in [2.24, 2.45) is 5.92 Å². The van der Waals surface area contributed by atoms with Crippen LogP contribution in [-0.4, -0.2) is 41.0 Å². The average Bonchev–Trinajstić information content (AvgIpc) is 3.29. The number of aromatic nitrogens is 2. The summed E-state index contributed by atoms with van der Waals surface area (Å²) < 4.78 is 11.2. The van der Waals surface area contributed by atoms with E-state index >= 15 is 0 Å². The number of rotatable bonds is 5. The van der Waals surface area contributed by atoms with Crippen molar-refractivity contribution in [1.29, 1.82) is 0 Å². The Morgan fingerprint density at radius 1 is 1.07 bits per heavy atom. The molecule has 0 N–H and O–H groups in total. The van der Waals surface area contributed by atoms with Gasteiger partial charge in [0.15, 0.2) is 11.5 Å². The van der Waals surface area contributed by atoms with E-state index in [9.17, 15) is 4.79 Å². The van der Waals surface area contributed by atoms with Crippen LogP contribution in [0.4, 0.5) is 0 Å². The van der Waals surface area contributed by atoms with Crippen LogP contribution in [0.5, 0.6) is 17.4 Å². The summed E-state index contributed by atoms with van der Waals surface area (Å²) in [7, 11) is 1.61. The highest BCUT2D eigenvalue weighted by Crippen LogP contribution is 2.33. The summed E-state index contributed by atoms with van der Waals surface area (Å²) >= 11 is 0. The first kappa shape index (κ1) is 18.7. The van der Waals surface area contributed by atoms with E-state index in [4.69, 9.17) is 9.47 Å². The molecule has 0 bridgehead atoms. The van der Waals surface area contributed by atoms with Crippen molar-refractivity contribution in [3.8, 4) is 17.4 Å². The number of ether oxygens (including phenoxy) is 2. The lowest BCUT2D eigenvalue weighted by molar-refractivity contribution is -0.136. The Morgan fingerprint density at radius 3 is 2.64 bits per heavy atom. The van der Waals surface area contributed by atoms with Crippen LogP contribution in [0, 0.1) is 5.92 Å². The lowest BCUT2D eigenvalue weighted by Gasteiger charge is -2.34. The van der Waals surface area contributed by atoms with Crippen molar-refractivity contribution in [3.63, 3.8) is 0 Å². The van der Waals surface area contributed by atoms with Crippen LogP contribution in [-0.2, 0) is 4.79 Å². The van der Waals surface area contributed by atoms with Crippen LogP contribution in [0.2, 0.25) is 0 Å². The third kappa shape index (κ3) is 4.11. The van der Waals surface area contributed by atoms with Gasteiger partial charge in [0.05, 0.1) is 19.0 Å². The Morgan fingerprint density at radius 2 is 1.86 bits per heavy atom. The molecule has 2 heterocycles. The lowest BCUT2D eigenvalue weighted by atomic mass is 9.93. The van der Waals surface area contributed by atoms with Gasteiger partial charge in [0.25, 0.3) is 0 Å². The Hall–Kier alpha value is -2.63. The molecule has 1 aliphatic carbocycles. The summed E-state index contributed by atoms with van der Waals surface area (Å²) in [4.78, 5) is 23.9. The minimum Gasteiger partial charge on any atom is -0.493 e. The molecule has 4 rings (SSSR count). The molecule has 1 saturated heterocycles. The SMILES string of the molecule is COc1ccccc1Oc1cncc([C@@H]2CCCN(C(=O)C3CCCC3)C2)n1. The number of carbonyl (C=O) groups excluding carboxylic acids is 1. The quantitative estimate of drug-likeness (QED) is 0.778. The van der Waals surface area contributed by atoms with Gasteiger partial charge >= 0.3 is 0 Å². The smallest absolute Gasteiger partial charge is 0.238 e. The van der Waals surface area contributed by atoms with Crippen LogP contribution in [0.3, 0.4) is 0 Å². The minimum atomic E-state index is 0.202. The predicted molar refractivity (Wildman–Crippen MR) is 106 cm³/mol. The first-order chi connectivity index (χ1) is 13.7. The lowest BCUT2D eigenvalue weighted by Crippen LogP contribution is -2.42. The third-order valence-corrected chi connectivity index (χ3v) is 5.77. The maximum Gasteiger partial charge on any atom is 0.238 e. The van der Waals surface area contributed by atoms with Crippen molar-refractivity contribution in [3.05, 3.63) is 42.4 Å². The Labute approximate surface area is 165 Å². The second-order valence-electron chi connectivity index (χ2n) is 7.64. The number of likely N-dealkylation sites (tertiary alicyclic amines) is 1. The molecule has 1 aliphatic heterocycles. The number of methoxy groups -OCH3 is 1. The fourth-order valence-corrected chi connectivity index (χ4v) is 4.27. The van der Waals surface area contributed by atoms with Gasteiger partial charge in [-0.3, -0.25) is 9.78 Å². The zero-order chi connectivity index (χ0) is 19.3. The largest absolute Gasteiger partial charge is 0.493 e. The monoisotopic (exact) mass is 381 g/mol. The average molecular weight is 381 g/mol. The first-order valence-electron chi connectivity index (χ1n) is 10.2. The number of hydrogen-bond acceptors (Lipinski definition) is 5. The number of para-hydroxylation sites is 2. The molecule has 148 valence electrons. The zero-order valence-electron chi connectivity index (χ0n) is 16.3. The van der Waals surface area contributed by atoms with Crippen molar-refractivity contribution in [1.82, 2.24) is 14.9 Å². The van der Waals surface area contributed by atoms with Crippen LogP contribution in [0.25, 0.3) is 0 Å². The Bertz CT molecular complexity index is 820. The minimum absolute atomic E-state index is 0.202. The summed E-state index contributed by atoms with van der Waals surface area (Å²) in [6, 6.07) is 7.48. The number of amides is 1. The van der Waals surface area contributed by atoms with E-state index in [1.807, 2.05) is 29.2 Å². The van der Waals surface area contributed by atoms with Gasteiger partial charge in [-0.2, -0.15) is 0 Å². The van der Waals surface area contributed by atoms with Crippen molar-refractivity contribution in [2.45, 2.75) is 44.4 Å². The van der Waals surface area contributed by atoms with E-state index in [0.717, 1.165) is 44.5 Å². The van der Waals surface area contributed by atoms with E-state index in [1.54, 1.807) is 19.5 Å². The highest BCUT2D eigenvalue weighted by Gasteiger charge is 2.31. The first-order valence-corrected chi connectivity index (χ1v) is 10.2. The van der Waals surface area contributed by atoms with Gasteiger partial charge in [-0.1, -0.05) is 25.0 Å². The molecule has 2 aliphatic rings. The van der Waals surface area contributed by atoms with E-state index in [0.29, 0.717) is 23.3 Å². The number of carbonyl (C=O) groups is 1. The number of piperidine rings is 1. The molecule has 28 heavy (non-hydrogen) atoms. The van der Waals surface area contributed by atoms with Gasteiger partial charge in [-0.25, -0.2) is 4.98 Å². The molecule has 1 atom stereocenters. The topological polar surface area (TPSA) is 64.6 Å². The standard InChI is InChI=1S/C22H27N3O3/c1-27-19-10-4-5-11-20(19)28-21-14-23-13-18(24-21)17-9-6-12-25(15-17)22(26)16-7-2-3-8-16/h4-5,10-11,13-14,16-17H,2-3,6-9,12,15H2,1H3/t17-/m1/s1. The molecule has 0 spiro atoms. The molecule has 1 amide bonds. The normalized spacial score (nSPS) is 20.2. The van der Waals surface area contributed by atoms with Gasteiger partial charge in [0.2, 0.25) is 11.8 Å². The summed E-state index contributed by atoms with van der Waals surface area (Å²) in [6.45, 7) is 1.58. The van der Waals surface area contributed by atoms with Gasteiger partial charge in [-0.05, 0) is 37.8 Å². The number of hydrogen-bond donors (Lipinski definition) is 0. The Balaban J connectivity index is 1.46. The molecule has 1 aromatic heterocycles. The fourth-order valence-electron chi connectivity index (χ4n) is 4.27. The van der Waals surface area contributed by atoms with Gasteiger partial charge < -0.3 is 14.4 Å². The molecule has 0 unspecified atom stereocenters. The highest BCUT2D eigenvalue weighted by atomic mass is 16.5. The molecule has 6 heteroatoms. The molecule has 2 aromatic rings. The Kier molecular flexibility index (Phi) is 5.74. The van der Waals surface area contributed by atoms with Crippen LogP contribution in [0.15, 0.2) is 36.7 Å². The molecule has 6 nitrogen and oxygen atoms in total. The third-order valence-electron chi connectivity index (χ3n) is 5.77. The molecule has 2 fully saturated rings. The van der Waals surface area contributed by atoms with Gasteiger partial charge in [0.1, 0.15) is 0 Å². The summed E-state index contributed by atoms with van der Waals surface area (Å²) in [5, 5.41) is 0. The summed E-state index contributed by atoms with van der Waals surface area (Å²) in [5.74, 6) is 2.47. The van der Waals surface area contributed by atoms with E-state index in [1.165, 1.54) is 12.8 Å². The zero-order valence-corrected chi connectivity index (χ0v) is 16.3. The molecule has 0 radical (unpaired) electrons. The molecular formula is C22H27N3O3. The second-order valence-corrected chi connectivity index (χ2v) is 7.64. The second kappa shape index (κ2) is 8.59. The van der Waals surface area contributed by atoms with Crippen molar-refractivity contribution >= 4 is 5.91 Å². The fraction of sp³-hybridized carbons (Fsp3) is 0.500. The van der Waals surface area contributed by atoms with Crippen LogP contribution < -0.4 is 9.47 Å². The predicted octanol–water partition coefficient (Wildman–Crippen LogP) is 4.17. The van der Waals surface area contributed by atoms with Gasteiger partial charge in [0, 0.05) is 31.1 Å². The van der Waals surface area contributed by atoms with Crippen molar-refractivity contribution < 1.29 is 14.3 Å². The van der Waals surface area contributed by atoms with E-state index in [2.05, 4.69) is 9.97 Å².